The normalized spacial score (nSPS) is 18.7. The Morgan fingerprint density at radius 3 is 2.41 bits per heavy atom. The van der Waals surface area contributed by atoms with E-state index in [1.54, 1.807) is 37.3 Å². The molecular weight excluding hydrogens is 514 g/mol. The van der Waals surface area contributed by atoms with Crippen molar-refractivity contribution in [3.05, 3.63) is 42.0 Å². The zero-order chi connectivity index (χ0) is 26.0. The van der Waals surface area contributed by atoms with Crippen LogP contribution in [0, 0.1) is 0 Å². The van der Waals surface area contributed by atoms with Gasteiger partial charge in [0.15, 0.2) is 5.13 Å². The number of rotatable bonds is 8. The van der Waals surface area contributed by atoms with Gasteiger partial charge in [-0.05, 0) is 62.1 Å². The first-order valence-corrected chi connectivity index (χ1v) is 14.7. The molecule has 0 bridgehead atoms. The van der Waals surface area contributed by atoms with Crippen molar-refractivity contribution >= 4 is 42.6 Å². The summed E-state index contributed by atoms with van der Waals surface area (Å²) >= 11 is 1.35. The molecule has 1 unspecified atom stereocenters. The summed E-state index contributed by atoms with van der Waals surface area (Å²) < 4.78 is 45.3. The third kappa shape index (κ3) is 5.18. The number of aromatic nitrogens is 1. The summed E-state index contributed by atoms with van der Waals surface area (Å²) in [5.41, 5.74) is 1.00. The summed E-state index contributed by atoms with van der Waals surface area (Å²) in [7, 11) is -0.407. The van der Waals surface area contributed by atoms with E-state index in [0.717, 1.165) is 36.8 Å². The van der Waals surface area contributed by atoms with E-state index < -0.39 is 10.0 Å². The number of hydrogen-bond donors (Lipinski definition) is 0. The third-order valence-corrected chi connectivity index (χ3v) is 9.85. The first kappa shape index (κ1) is 25.9. The lowest BCUT2D eigenvalue weighted by Gasteiger charge is -2.26. The van der Waals surface area contributed by atoms with Gasteiger partial charge in [0.1, 0.15) is 21.7 Å². The van der Waals surface area contributed by atoms with Crippen LogP contribution in [-0.4, -0.2) is 70.2 Å². The molecule has 2 aliphatic heterocycles. The van der Waals surface area contributed by atoms with E-state index in [2.05, 4.69) is 0 Å². The van der Waals surface area contributed by atoms with Crippen LogP contribution in [0.5, 0.6) is 11.5 Å². The fourth-order valence-electron chi connectivity index (χ4n) is 4.81. The van der Waals surface area contributed by atoms with Crippen molar-refractivity contribution in [2.24, 2.45) is 0 Å². The third-order valence-electron chi connectivity index (χ3n) is 6.84. The molecule has 2 saturated heterocycles. The quantitative estimate of drug-likeness (QED) is 0.416. The molecule has 9 nitrogen and oxygen atoms in total. The Hall–Kier alpha value is -2.73. The fraction of sp³-hybridized carbons (Fsp3) is 0.462. The second-order valence-corrected chi connectivity index (χ2v) is 12.1. The minimum absolute atomic E-state index is 0.0986. The lowest BCUT2D eigenvalue weighted by Crippen LogP contribution is -2.37. The second kappa shape index (κ2) is 10.9. The molecular formula is C26H31N3O6S2. The van der Waals surface area contributed by atoms with Gasteiger partial charge in [-0.1, -0.05) is 17.8 Å². The van der Waals surface area contributed by atoms with Crippen molar-refractivity contribution < 1.29 is 27.4 Å². The van der Waals surface area contributed by atoms with E-state index in [-0.39, 0.29) is 16.9 Å². The zero-order valence-corrected chi connectivity index (χ0v) is 22.6. The van der Waals surface area contributed by atoms with Crippen LogP contribution in [0.3, 0.4) is 0 Å². The number of benzene rings is 2. The molecule has 1 atom stereocenters. The number of anilines is 1. The maximum absolute atomic E-state index is 13.8. The Morgan fingerprint density at radius 1 is 1.05 bits per heavy atom. The SMILES string of the molecule is COc1ccc(OC)c2sc(N(CC3CCCO3)C(=O)c3ccc(S(=O)(=O)N4CCCCC4)cc3)nc12. The molecule has 11 heteroatoms. The predicted octanol–water partition coefficient (Wildman–Crippen LogP) is 4.31. The van der Waals surface area contributed by atoms with Crippen molar-refractivity contribution in [1.29, 1.82) is 0 Å². The van der Waals surface area contributed by atoms with E-state index in [4.69, 9.17) is 19.2 Å². The topological polar surface area (TPSA) is 98.3 Å². The summed E-state index contributed by atoms with van der Waals surface area (Å²) in [4.78, 5) is 20.4. The molecule has 0 saturated carbocycles. The summed E-state index contributed by atoms with van der Waals surface area (Å²) in [6.45, 7) is 2.07. The smallest absolute Gasteiger partial charge is 0.260 e. The molecule has 5 rings (SSSR count). The Bertz CT molecular complexity index is 1320. The number of hydrogen-bond acceptors (Lipinski definition) is 8. The number of nitrogens with zero attached hydrogens (tertiary/aromatic N) is 3. The molecule has 2 aromatic carbocycles. The molecule has 2 aliphatic rings. The molecule has 3 aromatic rings. The molecule has 198 valence electrons. The predicted molar refractivity (Wildman–Crippen MR) is 142 cm³/mol. The van der Waals surface area contributed by atoms with E-state index in [1.807, 2.05) is 6.07 Å². The Morgan fingerprint density at radius 2 is 1.76 bits per heavy atom. The number of piperidine rings is 1. The molecule has 3 heterocycles. The average Bonchev–Trinajstić information content (AvgIpc) is 3.62. The lowest BCUT2D eigenvalue weighted by molar-refractivity contribution is 0.0917. The fourth-order valence-corrected chi connectivity index (χ4v) is 7.41. The van der Waals surface area contributed by atoms with Gasteiger partial charge in [-0.3, -0.25) is 9.69 Å². The summed E-state index contributed by atoms with van der Waals surface area (Å²) in [6, 6.07) is 9.80. The summed E-state index contributed by atoms with van der Waals surface area (Å²) in [5.74, 6) is 0.973. The van der Waals surface area contributed by atoms with Crippen LogP contribution in [-0.2, 0) is 14.8 Å². The number of ether oxygens (including phenoxy) is 3. The maximum Gasteiger partial charge on any atom is 0.260 e. The Labute approximate surface area is 221 Å². The summed E-state index contributed by atoms with van der Waals surface area (Å²) in [5, 5.41) is 0.503. The van der Waals surface area contributed by atoms with Gasteiger partial charge in [0.25, 0.3) is 5.91 Å². The first-order valence-electron chi connectivity index (χ1n) is 12.5. The van der Waals surface area contributed by atoms with Gasteiger partial charge in [-0.2, -0.15) is 4.31 Å². The first-order chi connectivity index (χ1) is 17.9. The molecule has 0 N–H and O–H groups in total. The van der Waals surface area contributed by atoms with Crippen LogP contribution in [0.4, 0.5) is 5.13 Å². The monoisotopic (exact) mass is 545 g/mol. The van der Waals surface area contributed by atoms with E-state index in [9.17, 15) is 13.2 Å². The van der Waals surface area contributed by atoms with Crippen LogP contribution >= 0.6 is 11.3 Å². The number of thiazole rings is 1. The molecule has 0 radical (unpaired) electrons. The van der Waals surface area contributed by atoms with E-state index in [0.29, 0.717) is 54.0 Å². The highest BCUT2D eigenvalue weighted by atomic mass is 32.2. The largest absolute Gasteiger partial charge is 0.495 e. The number of carbonyl (C=O) groups is 1. The Kier molecular flexibility index (Phi) is 7.66. The van der Waals surface area contributed by atoms with Gasteiger partial charge in [0.05, 0.1) is 31.8 Å². The standard InChI is InChI=1S/C26H31N3O6S2/c1-33-21-12-13-22(34-2)24-23(21)27-26(36-24)29(17-19-7-6-16-35-19)25(30)18-8-10-20(11-9-18)37(31,32)28-14-4-3-5-15-28/h8-13,19H,3-7,14-17H2,1-2H3. The van der Waals surface area contributed by atoms with Crippen molar-refractivity contribution in [3.8, 4) is 11.5 Å². The molecule has 2 fully saturated rings. The zero-order valence-electron chi connectivity index (χ0n) is 21.0. The van der Waals surface area contributed by atoms with Gasteiger partial charge in [0.2, 0.25) is 10.0 Å². The number of carbonyl (C=O) groups excluding carboxylic acids is 1. The number of sulfonamides is 1. The molecule has 0 spiro atoms. The van der Waals surface area contributed by atoms with Crippen LogP contribution in [0.15, 0.2) is 41.3 Å². The van der Waals surface area contributed by atoms with Gasteiger partial charge in [-0.25, -0.2) is 13.4 Å². The average molecular weight is 546 g/mol. The maximum atomic E-state index is 13.8. The molecule has 0 aliphatic carbocycles. The highest BCUT2D eigenvalue weighted by Crippen LogP contribution is 2.40. The minimum Gasteiger partial charge on any atom is -0.495 e. The molecule has 1 amide bonds. The van der Waals surface area contributed by atoms with Crippen LogP contribution in [0.1, 0.15) is 42.5 Å². The Balaban J connectivity index is 1.48. The van der Waals surface area contributed by atoms with Crippen molar-refractivity contribution in [1.82, 2.24) is 9.29 Å². The van der Waals surface area contributed by atoms with Crippen molar-refractivity contribution in [2.45, 2.75) is 43.1 Å². The number of amides is 1. The summed E-state index contributed by atoms with van der Waals surface area (Å²) in [6.07, 6.45) is 4.48. The second-order valence-electron chi connectivity index (χ2n) is 9.18. The molecule has 1 aromatic heterocycles. The number of fused-ring (bicyclic) bond motifs is 1. The highest BCUT2D eigenvalue weighted by molar-refractivity contribution is 7.89. The van der Waals surface area contributed by atoms with Crippen molar-refractivity contribution in [3.63, 3.8) is 0 Å². The van der Waals surface area contributed by atoms with E-state index in [1.165, 1.54) is 27.8 Å². The van der Waals surface area contributed by atoms with Gasteiger partial charge < -0.3 is 14.2 Å². The molecule has 37 heavy (non-hydrogen) atoms. The van der Waals surface area contributed by atoms with E-state index >= 15 is 0 Å². The van der Waals surface area contributed by atoms with Crippen LogP contribution in [0.25, 0.3) is 10.2 Å². The van der Waals surface area contributed by atoms with Gasteiger partial charge in [-0.15, -0.1) is 0 Å². The minimum atomic E-state index is -3.58. The lowest BCUT2D eigenvalue weighted by atomic mass is 10.2. The van der Waals surface area contributed by atoms with Crippen LogP contribution in [0.2, 0.25) is 0 Å². The van der Waals surface area contributed by atoms with Gasteiger partial charge >= 0.3 is 0 Å². The van der Waals surface area contributed by atoms with Crippen LogP contribution < -0.4 is 14.4 Å². The number of methoxy groups -OCH3 is 2. The van der Waals surface area contributed by atoms with Crippen molar-refractivity contribution in [2.75, 3.05) is 45.4 Å². The van der Waals surface area contributed by atoms with Gasteiger partial charge in [0, 0.05) is 25.3 Å². The highest BCUT2D eigenvalue weighted by Gasteiger charge is 2.30.